The molecule has 0 aliphatic carbocycles. The second kappa shape index (κ2) is 7.90. The molecule has 1 amide bonds. The van der Waals surface area contributed by atoms with Crippen LogP contribution in [0.15, 0.2) is 66.1 Å². The predicted octanol–water partition coefficient (Wildman–Crippen LogP) is 2.39. The minimum atomic E-state index is -3.63. The quantitative estimate of drug-likeness (QED) is 0.757. The molecule has 0 aliphatic rings. The lowest BCUT2D eigenvalue weighted by Crippen LogP contribution is -2.25. The Bertz CT molecular complexity index is 828. The van der Waals surface area contributed by atoms with Crippen LogP contribution in [0, 0.1) is 6.92 Å². The van der Waals surface area contributed by atoms with E-state index in [1.165, 1.54) is 24.3 Å². The Labute approximate surface area is 142 Å². The Hall–Kier alpha value is -2.44. The van der Waals surface area contributed by atoms with Gasteiger partial charge in [0.25, 0.3) is 5.91 Å². The number of sulfonamides is 1. The zero-order valence-corrected chi connectivity index (χ0v) is 14.3. The summed E-state index contributed by atoms with van der Waals surface area (Å²) in [5.74, 6) is -0.272. The number of aryl methyl sites for hydroxylation is 1. The van der Waals surface area contributed by atoms with E-state index in [1.54, 1.807) is 6.08 Å². The van der Waals surface area contributed by atoms with Crippen molar-refractivity contribution in [3.05, 3.63) is 77.9 Å². The first-order valence-corrected chi connectivity index (χ1v) is 8.95. The topological polar surface area (TPSA) is 75.3 Å². The van der Waals surface area contributed by atoms with Gasteiger partial charge in [0.15, 0.2) is 0 Å². The number of amides is 1. The number of nitrogens with one attached hydrogen (secondary N) is 2. The summed E-state index contributed by atoms with van der Waals surface area (Å²) in [5.41, 5.74) is 2.34. The van der Waals surface area contributed by atoms with E-state index < -0.39 is 10.0 Å². The van der Waals surface area contributed by atoms with Crippen molar-refractivity contribution in [2.45, 2.75) is 18.4 Å². The maximum Gasteiger partial charge on any atom is 0.251 e. The van der Waals surface area contributed by atoms with Crippen molar-refractivity contribution in [3.8, 4) is 0 Å². The summed E-state index contributed by atoms with van der Waals surface area (Å²) in [5, 5.41) is 2.64. The van der Waals surface area contributed by atoms with Crippen LogP contribution in [0.4, 0.5) is 0 Å². The third-order valence-corrected chi connectivity index (χ3v) is 4.96. The van der Waals surface area contributed by atoms with Crippen LogP contribution in [0.1, 0.15) is 21.5 Å². The molecule has 0 atom stereocenters. The SMILES string of the molecule is C=CCNC(=O)c1ccc(S(=O)(=O)NCc2ccccc2C)cc1. The minimum absolute atomic E-state index is 0.122. The third kappa shape index (κ3) is 4.53. The molecule has 0 spiro atoms. The molecule has 2 rings (SSSR count). The van der Waals surface area contributed by atoms with Crippen LogP contribution in [-0.4, -0.2) is 20.9 Å². The van der Waals surface area contributed by atoms with Gasteiger partial charge in [-0.25, -0.2) is 13.1 Å². The molecule has 0 radical (unpaired) electrons. The molecule has 0 saturated carbocycles. The maximum atomic E-state index is 12.3. The van der Waals surface area contributed by atoms with Crippen molar-refractivity contribution in [2.75, 3.05) is 6.54 Å². The van der Waals surface area contributed by atoms with Gasteiger partial charge in [-0.15, -0.1) is 6.58 Å². The van der Waals surface area contributed by atoms with Gasteiger partial charge < -0.3 is 5.32 Å². The van der Waals surface area contributed by atoms with Crippen molar-refractivity contribution in [2.24, 2.45) is 0 Å². The normalized spacial score (nSPS) is 11.0. The standard InChI is InChI=1S/C18H20N2O3S/c1-3-12-19-18(21)15-8-10-17(11-9-15)24(22,23)20-13-16-7-5-4-6-14(16)2/h3-11,20H,1,12-13H2,2H3,(H,19,21). The first kappa shape index (κ1) is 17.9. The number of carbonyl (C=O) groups is 1. The molecular formula is C18H20N2O3S. The van der Waals surface area contributed by atoms with Gasteiger partial charge in [0.2, 0.25) is 10.0 Å². The number of hydrogen-bond donors (Lipinski definition) is 2. The lowest BCUT2D eigenvalue weighted by molar-refractivity contribution is 0.0958. The Morgan fingerprint density at radius 1 is 1.12 bits per heavy atom. The first-order valence-electron chi connectivity index (χ1n) is 7.47. The minimum Gasteiger partial charge on any atom is -0.349 e. The van der Waals surface area contributed by atoms with Gasteiger partial charge in [-0.3, -0.25) is 4.79 Å². The van der Waals surface area contributed by atoms with Gasteiger partial charge in [-0.05, 0) is 42.3 Å². The van der Waals surface area contributed by atoms with E-state index in [-0.39, 0.29) is 17.3 Å². The highest BCUT2D eigenvalue weighted by Gasteiger charge is 2.15. The van der Waals surface area contributed by atoms with Crippen molar-refractivity contribution >= 4 is 15.9 Å². The van der Waals surface area contributed by atoms with Gasteiger partial charge in [-0.2, -0.15) is 0 Å². The monoisotopic (exact) mass is 344 g/mol. The van der Waals surface area contributed by atoms with Crippen LogP contribution in [0.3, 0.4) is 0 Å². The molecular weight excluding hydrogens is 324 g/mol. The number of benzene rings is 2. The van der Waals surface area contributed by atoms with Crippen molar-refractivity contribution in [1.29, 1.82) is 0 Å². The lowest BCUT2D eigenvalue weighted by atomic mass is 10.1. The first-order chi connectivity index (χ1) is 11.4. The molecule has 0 saturated heterocycles. The molecule has 126 valence electrons. The lowest BCUT2D eigenvalue weighted by Gasteiger charge is -2.09. The average molecular weight is 344 g/mol. The molecule has 2 aromatic rings. The van der Waals surface area contributed by atoms with Gasteiger partial charge in [0.05, 0.1) is 4.90 Å². The van der Waals surface area contributed by atoms with Gasteiger partial charge in [0, 0.05) is 18.7 Å². The number of rotatable bonds is 7. The van der Waals surface area contributed by atoms with Crippen LogP contribution in [0.25, 0.3) is 0 Å². The van der Waals surface area contributed by atoms with Crippen molar-refractivity contribution < 1.29 is 13.2 Å². The summed E-state index contributed by atoms with van der Waals surface area (Å²) in [6, 6.07) is 13.4. The van der Waals surface area contributed by atoms with E-state index in [0.29, 0.717) is 12.1 Å². The zero-order valence-electron chi connectivity index (χ0n) is 13.5. The molecule has 2 aromatic carbocycles. The summed E-state index contributed by atoms with van der Waals surface area (Å²) >= 11 is 0. The highest BCUT2D eigenvalue weighted by molar-refractivity contribution is 7.89. The van der Waals surface area contributed by atoms with Crippen LogP contribution in [0.5, 0.6) is 0 Å². The zero-order chi connectivity index (χ0) is 17.6. The molecule has 0 heterocycles. The maximum absolute atomic E-state index is 12.3. The summed E-state index contributed by atoms with van der Waals surface area (Å²) in [6.07, 6.45) is 1.58. The fourth-order valence-electron chi connectivity index (χ4n) is 2.12. The van der Waals surface area contributed by atoms with E-state index in [1.807, 2.05) is 31.2 Å². The highest BCUT2D eigenvalue weighted by Crippen LogP contribution is 2.13. The van der Waals surface area contributed by atoms with E-state index in [2.05, 4.69) is 16.6 Å². The number of hydrogen-bond acceptors (Lipinski definition) is 3. The van der Waals surface area contributed by atoms with Gasteiger partial charge in [0.1, 0.15) is 0 Å². The molecule has 2 N–H and O–H groups in total. The Morgan fingerprint density at radius 3 is 2.42 bits per heavy atom. The molecule has 24 heavy (non-hydrogen) atoms. The van der Waals surface area contributed by atoms with Crippen LogP contribution in [0.2, 0.25) is 0 Å². The average Bonchev–Trinajstić information content (AvgIpc) is 2.59. The summed E-state index contributed by atoms with van der Waals surface area (Å²) in [7, 11) is -3.63. The number of carbonyl (C=O) groups excluding carboxylic acids is 1. The van der Waals surface area contributed by atoms with E-state index >= 15 is 0 Å². The Balaban J connectivity index is 2.08. The molecule has 0 bridgehead atoms. The second-order valence-electron chi connectivity index (χ2n) is 5.27. The fourth-order valence-corrected chi connectivity index (χ4v) is 3.12. The molecule has 0 aliphatic heterocycles. The summed E-state index contributed by atoms with van der Waals surface area (Å²) < 4.78 is 27.3. The summed E-state index contributed by atoms with van der Waals surface area (Å²) in [6.45, 7) is 6.03. The molecule has 0 aromatic heterocycles. The van der Waals surface area contributed by atoms with E-state index in [4.69, 9.17) is 0 Å². The van der Waals surface area contributed by atoms with Crippen molar-refractivity contribution in [1.82, 2.24) is 10.0 Å². The fraction of sp³-hybridized carbons (Fsp3) is 0.167. The molecule has 0 fully saturated rings. The third-order valence-electron chi connectivity index (χ3n) is 3.55. The largest absolute Gasteiger partial charge is 0.349 e. The van der Waals surface area contributed by atoms with Crippen LogP contribution >= 0.6 is 0 Å². The highest BCUT2D eigenvalue weighted by atomic mass is 32.2. The smallest absolute Gasteiger partial charge is 0.251 e. The summed E-state index contributed by atoms with van der Waals surface area (Å²) in [4.78, 5) is 11.9. The van der Waals surface area contributed by atoms with Crippen LogP contribution < -0.4 is 10.0 Å². The van der Waals surface area contributed by atoms with Crippen LogP contribution in [-0.2, 0) is 16.6 Å². The van der Waals surface area contributed by atoms with Gasteiger partial charge in [-0.1, -0.05) is 30.3 Å². The Morgan fingerprint density at radius 2 is 1.79 bits per heavy atom. The predicted molar refractivity (Wildman–Crippen MR) is 94.2 cm³/mol. The second-order valence-corrected chi connectivity index (χ2v) is 7.04. The Kier molecular flexibility index (Phi) is 5.89. The molecule has 6 heteroatoms. The van der Waals surface area contributed by atoms with E-state index in [9.17, 15) is 13.2 Å². The van der Waals surface area contributed by atoms with E-state index in [0.717, 1.165) is 11.1 Å². The molecule has 5 nitrogen and oxygen atoms in total. The van der Waals surface area contributed by atoms with Crippen molar-refractivity contribution in [3.63, 3.8) is 0 Å². The van der Waals surface area contributed by atoms with Gasteiger partial charge >= 0.3 is 0 Å². The molecule has 0 unspecified atom stereocenters.